The number of aromatic nitrogens is 4. The fourth-order valence-corrected chi connectivity index (χ4v) is 7.79. The lowest BCUT2D eigenvalue weighted by molar-refractivity contribution is -0.129. The highest BCUT2D eigenvalue weighted by Gasteiger charge is 2.46. The van der Waals surface area contributed by atoms with Crippen molar-refractivity contribution in [2.75, 3.05) is 44.2 Å². The van der Waals surface area contributed by atoms with Crippen LogP contribution < -0.4 is 10.2 Å². The minimum atomic E-state index is -2.76. The second kappa shape index (κ2) is 11.7. The Hall–Kier alpha value is -3.45. The largest absolute Gasteiger partial charge is 0.338 e. The van der Waals surface area contributed by atoms with Crippen molar-refractivity contribution in [3.8, 4) is 11.1 Å². The molecule has 1 aromatic carbocycles. The standard InChI is InChI=1S/C32H40F4N8O/c1-20(45)42-13-8-27-26(18-42)31(39-44(27)23-6-11-41(12-7-23)29-5-9-37-19-32(29,35)36)43-10-3-4-21-14-24(22-16-38-40(2)17-22)25(30(33)34)15-28(21)43/h14-17,23,29-30,37H,3-13,18-19H2,1-2H3. The van der Waals surface area contributed by atoms with Crippen molar-refractivity contribution in [1.29, 1.82) is 0 Å². The molecule has 0 spiro atoms. The van der Waals surface area contributed by atoms with Gasteiger partial charge in [0.25, 0.3) is 12.3 Å². The molecular weight excluding hydrogens is 588 g/mol. The van der Waals surface area contributed by atoms with Gasteiger partial charge in [-0.15, -0.1) is 0 Å². The second-order valence-corrected chi connectivity index (χ2v) is 12.9. The van der Waals surface area contributed by atoms with Gasteiger partial charge in [-0.3, -0.25) is 19.1 Å². The summed E-state index contributed by atoms with van der Waals surface area (Å²) < 4.78 is 62.2. The van der Waals surface area contributed by atoms with E-state index in [1.807, 2.05) is 11.0 Å². The van der Waals surface area contributed by atoms with Crippen molar-refractivity contribution < 1.29 is 22.4 Å². The number of nitrogens with one attached hydrogen (secondary N) is 1. The number of fused-ring (bicyclic) bond motifs is 2. The molecule has 0 bridgehead atoms. The SMILES string of the molecule is CC(=O)N1CCc2c(c(N3CCCc4cc(-c5cnn(C)c5)c(C(F)F)cc43)nn2C2CCN(C3CCNCC3(F)F)CC2)C1. The summed E-state index contributed by atoms with van der Waals surface area (Å²) >= 11 is 0. The molecule has 1 unspecified atom stereocenters. The number of alkyl halides is 4. The Labute approximate surface area is 260 Å². The number of piperidine rings is 2. The van der Waals surface area contributed by atoms with E-state index >= 15 is 0 Å². The lowest BCUT2D eigenvalue weighted by Gasteiger charge is -2.43. The van der Waals surface area contributed by atoms with Crippen LogP contribution in [0.1, 0.15) is 67.5 Å². The van der Waals surface area contributed by atoms with E-state index in [0.29, 0.717) is 81.9 Å². The number of nitrogens with zero attached hydrogens (tertiary/aromatic N) is 7. The molecule has 6 heterocycles. The van der Waals surface area contributed by atoms with Crippen molar-refractivity contribution in [1.82, 2.24) is 34.7 Å². The van der Waals surface area contributed by atoms with E-state index in [-0.39, 0.29) is 24.1 Å². The molecule has 0 saturated carbocycles. The maximum Gasteiger partial charge on any atom is 0.275 e. The quantitative estimate of drug-likeness (QED) is 0.408. The van der Waals surface area contributed by atoms with Gasteiger partial charge in [0.2, 0.25) is 5.91 Å². The Morgan fingerprint density at radius 1 is 1.09 bits per heavy atom. The number of anilines is 2. The number of amides is 1. The van der Waals surface area contributed by atoms with Crippen LogP contribution in [-0.2, 0) is 31.2 Å². The third-order valence-electron chi connectivity index (χ3n) is 10.1. The summed E-state index contributed by atoms with van der Waals surface area (Å²) in [5.74, 6) is -2.07. The van der Waals surface area contributed by atoms with E-state index < -0.39 is 18.4 Å². The molecule has 242 valence electrons. The molecule has 0 aliphatic carbocycles. The second-order valence-electron chi connectivity index (χ2n) is 12.9. The van der Waals surface area contributed by atoms with Gasteiger partial charge in [-0.05, 0) is 61.9 Å². The molecule has 0 radical (unpaired) electrons. The molecule has 1 amide bonds. The predicted octanol–water partition coefficient (Wildman–Crippen LogP) is 4.84. The molecule has 4 aliphatic rings. The van der Waals surface area contributed by atoms with E-state index in [0.717, 1.165) is 35.3 Å². The van der Waals surface area contributed by atoms with Crippen LogP contribution in [0.4, 0.5) is 29.1 Å². The molecule has 2 fully saturated rings. The fraction of sp³-hybridized carbons (Fsp3) is 0.594. The van der Waals surface area contributed by atoms with Crippen LogP contribution in [0.2, 0.25) is 0 Å². The summed E-state index contributed by atoms with van der Waals surface area (Å²) in [5, 5.41) is 12.2. The van der Waals surface area contributed by atoms with Crippen LogP contribution in [0, 0.1) is 0 Å². The van der Waals surface area contributed by atoms with Crippen LogP contribution in [-0.4, -0.2) is 86.5 Å². The molecule has 4 aliphatic heterocycles. The topological polar surface area (TPSA) is 74.5 Å². The predicted molar refractivity (Wildman–Crippen MR) is 162 cm³/mol. The third-order valence-corrected chi connectivity index (χ3v) is 10.1. The highest BCUT2D eigenvalue weighted by Crippen LogP contribution is 2.44. The van der Waals surface area contributed by atoms with Gasteiger partial charge >= 0.3 is 0 Å². The number of hydrogen-bond donors (Lipinski definition) is 1. The van der Waals surface area contributed by atoms with Crippen LogP contribution in [0.3, 0.4) is 0 Å². The molecule has 45 heavy (non-hydrogen) atoms. The van der Waals surface area contributed by atoms with Gasteiger partial charge in [-0.2, -0.15) is 10.2 Å². The summed E-state index contributed by atoms with van der Waals surface area (Å²) in [7, 11) is 1.77. The van der Waals surface area contributed by atoms with Crippen LogP contribution in [0.25, 0.3) is 11.1 Å². The van der Waals surface area contributed by atoms with Gasteiger partial charge in [0.15, 0.2) is 5.82 Å². The highest BCUT2D eigenvalue weighted by molar-refractivity contribution is 5.78. The number of carbonyl (C=O) groups excluding carboxylic acids is 1. The summed E-state index contributed by atoms with van der Waals surface area (Å²) in [6.07, 6.45) is 4.73. The fourth-order valence-electron chi connectivity index (χ4n) is 7.79. The summed E-state index contributed by atoms with van der Waals surface area (Å²) in [4.78, 5) is 18.3. The molecule has 7 rings (SSSR count). The zero-order valence-electron chi connectivity index (χ0n) is 25.8. The first-order valence-electron chi connectivity index (χ1n) is 16.0. The zero-order valence-corrected chi connectivity index (χ0v) is 25.8. The van der Waals surface area contributed by atoms with Gasteiger partial charge < -0.3 is 15.1 Å². The van der Waals surface area contributed by atoms with E-state index in [1.165, 1.54) is 0 Å². The minimum absolute atomic E-state index is 0.0179. The maximum atomic E-state index is 14.7. The number of hydrogen-bond acceptors (Lipinski definition) is 6. The van der Waals surface area contributed by atoms with Gasteiger partial charge in [0.05, 0.1) is 31.4 Å². The van der Waals surface area contributed by atoms with Crippen molar-refractivity contribution in [3.05, 3.63) is 46.9 Å². The first kappa shape index (κ1) is 30.2. The van der Waals surface area contributed by atoms with Crippen LogP contribution in [0.15, 0.2) is 24.5 Å². The number of carbonyl (C=O) groups is 1. The zero-order chi connectivity index (χ0) is 31.5. The van der Waals surface area contributed by atoms with Crippen molar-refractivity contribution in [3.63, 3.8) is 0 Å². The summed E-state index contributed by atoms with van der Waals surface area (Å²) in [6, 6.07) is 2.77. The number of likely N-dealkylation sites (tertiary alicyclic amines) is 1. The first-order valence-corrected chi connectivity index (χ1v) is 16.0. The minimum Gasteiger partial charge on any atom is -0.338 e. The average molecular weight is 629 g/mol. The van der Waals surface area contributed by atoms with E-state index in [2.05, 4.69) is 20.0 Å². The molecule has 1 N–H and O–H groups in total. The normalized spacial score (nSPS) is 22.5. The lowest BCUT2D eigenvalue weighted by Crippen LogP contribution is -2.58. The number of benzene rings is 1. The average Bonchev–Trinajstić information content (AvgIpc) is 3.63. The van der Waals surface area contributed by atoms with Crippen molar-refractivity contribution >= 4 is 17.4 Å². The monoisotopic (exact) mass is 628 g/mol. The molecule has 2 saturated heterocycles. The molecule has 13 heteroatoms. The van der Waals surface area contributed by atoms with E-state index in [9.17, 15) is 22.4 Å². The molecule has 3 aromatic rings. The number of halogens is 4. The Bertz CT molecular complexity index is 1580. The van der Waals surface area contributed by atoms with Crippen molar-refractivity contribution in [2.45, 2.75) is 76.4 Å². The van der Waals surface area contributed by atoms with E-state index in [1.54, 1.807) is 42.0 Å². The number of rotatable bonds is 5. The van der Waals surface area contributed by atoms with Gasteiger partial charge in [0.1, 0.15) is 0 Å². The Morgan fingerprint density at radius 3 is 2.58 bits per heavy atom. The summed E-state index contributed by atoms with van der Waals surface area (Å²) in [6.45, 7) is 4.61. The Morgan fingerprint density at radius 2 is 1.89 bits per heavy atom. The third kappa shape index (κ3) is 5.51. The Balaban J connectivity index is 1.24. The number of aryl methyl sites for hydroxylation is 2. The summed E-state index contributed by atoms with van der Waals surface area (Å²) in [5.41, 5.74) is 4.80. The highest BCUT2D eigenvalue weighted by atomic mass is 19.3. The molecule has 9 nitrogen and oxygen atoms in total. The maximum absolute atomic E-state index is 14.7. The van der Waals surface area contributed by atoms with Gasteiger partial charge in [0, 0.05) is 80.8 Å². The smallest absolute Gasteiger partial charge is 0.275 e. The van der Waals surface area contributed by atoms with Gasteiger partial charge in [-0.1, -0.05) is 0 Å². The van der Waals surface area contributed by atoms with E-state index in [4.69, 9.17) is 5.10 Å². The first-order chi connectivity index (χ1) is 21.6. The molecule has 1 atom stereocenters. The van der Waals surface area contributed by atoms with Crippen molar-refractivity contribution in [2.24, 2.45) is 7.05 Å². The van der Waals surface area contributed by atoms with Crippen LogP contribution in [0.5, 0.6) is 0 Å². The molecular formula is C32H40F4N8O. The van der Waals surface area contributed by atoms with Gasteiger partial charge in [-0.25, -0.2) is 17.6 Å². The van der Waals surface area contributed by atoms with Crippen LogP contribution >= 0.6 is 0 Å². The lowest BCUT2D eigenvalue weighted by atomic mass is 9.92. The molecule has 2 aromatic heterocycles. The Kier molecular flexibility index (Phi) is 7.87.